The predicted molar refractivity (Wildman–Crippen MR) is 46.3 cm³/mol. The number of thioether (sulfide) groups is 1. The van der Waals surface area contributed by atoms with Gasteiger partial charge in [-0.3, -0.25) is 0 Å². The molecule has 1 aliphatic rings. The first-order chi connectivity index (χ1) is 4.88. The van der Waals surface area contributed by atoms with E-state index in [2.05, 4.69) is 6.58 Å². The lowest BCUT2D eigenvalue weighted by molar-refractivity contribution is 0.170. The van der Waals surface area contributed by atoms with Gasteiger partial charge in [-0.05, 0) is 18.8 Å². The number of aliphatic hydroxyl groups excluding tert-OH is 1. The summed E-state index contributed by atoms with van der Waals surface area (Å²) < 4.78 is 0. The van der Waals surface area contributed by atoms with Gasteiger partial charge in [0, 0.05) is 17.6 Å². The van der Waals surface area contributed by atoms with Crippen LogP contribution >= 0.6 is 11.8 Å². The summed E-state index contributed by atoms with van der Waals surface area (Å²) in [5.74, 6) is 1.60. The summed E-state index contributed by atoms with van der Waals surface area (Å²) in [4.78, 5) is 0. The van der Waals surface area contributed by atoms with Crippen LogP contribution in [0.25, 0.3) is 0 Å². The van der Waals surface area contributed by atoms with E-state index in [4.69, 9.17) is 5.11 Å². The standard InChI is InChI=1S/C8H14OS/c1-2-5-10-8-4-3-7(8)6-9/h2,7-9H,1,3-6H2/t7-,8+/m1/s1. The number of hydrogen-bond donors (Lipinski definition) is 1. The fraction of sp³-hybridized carbons (Fsp3) is 0.750. The maximum Gasteiger partial charge on any atom is 0.0469 e. The van der Waals surface area contributed by atoms with E-state index in [-0.39, 0.29) is 0 Å². The van der Waals surface area contributed by atoms with Crippen molar-refractivity contribution in [3.63, 3.8) is 0 Å². The highest BCUT2D eigenvalue weighted by atomic mass is 32.2. The minimum absolute atomic E-state index is 0.370. The molecule has 0 radical (unpaired) electrons. The highest BCUT2D eigenvalue weighted by Crippen LogP contribution is 2.36. The maximum atomic E-state index is 8.82. The summed E-state index contributed by atoms with van der Waals surface area (Å²) in [7, 11) is 0. The van der Waals surface area contributed by atoms with Gasteiger partial charge in [0.15, 0.2) is 0 Å². The zero-order valence-corrected chi connectivity index (χ0v) is 6.94. The minimum Gasteiger partial charge on any atom is -0.396 e. The van der Waals surface area contributed by atoms with Crippen molar-refractivity contribution in [1.29, 1.82) is 0 Å². The van der Waals surface area contributed by atoms with Crippen LogP contribution in [0.3, 0.4) is 0 Å². The lowest BCUT2D eigenvalue weighted by atomic mass is 9.85. The fourth-order valence-electron chi connectivity index (χ4n) is 1.16. The van der Waals surface area contributed by atoms with Crippen LogP contribution in [-0.4, -0.2) is 22.7 Å². The number of aliphatic hydroxyl groups is 1. The van der Waals surface area contributed by atoms with Crippen molar-refractivity contribution >= 4 is 11.8 Å². The summed E-state index contributed by atoms with van der Waals surface area (Å²) in [6, 6.07) is 0. The van der Waals surface area contributed by atoms with Crippen molar-refractivity contribution in [3.05, 3.63) is 12.7 Å². The third kappa shape index (κ3) is 1.77. The van der Waals surface area contributed by atoms with Gasteiger partial charge in [-0.15, -0.1) is 6.58 Å². The average molecular weight is 158 g/mol. The second kappa shape index (κ2) is 4.04. The second-order valence-electron chi connectivity index (χ2n) is 2.68. The molecule has 0 aliphatic heterocycles. The molecule has 0 bridgehead atoms. The van der Waals surface area contributed by atoms with Crippen molar-refractivity contribution in [1.82, 2.24) is 0 Å². The molecule has 1 nitrogen and oxygen atoms in total. The zero-order valence-electron chi connectivity index (χ0n) is 6.12. The maximum absolute atomic E-state index is 8.82. The molecule has 10 heavy (non-hydrogen) atoms. The molecule has 1 rings (SSSR count). The molecule has 2 heteroatoms. The fourth-order valence-corrected chi connectivity index (χ4v) is 2.34. The molecule has 0 aromatic carbocycles. The predicted octanol–water partition coefficient (Wildman–Crippen LogP) is 1.68. The van der Waals surface area contributed by atoms with Crippen molar-refractivity contribution in [2.45, 2.75) is 18.1 Å². The lowest BCUT2D eigenvalue weighted by Crippen LogP contribution is -2.31. The molecule has 1 N–H and O–H groups in total. The van der Waals surface area contributed by atoms with Crippen molar-refractivity contribution in [2.75, 3.05) is 12.4 Å². The number of rotatable bonds is 4. The topological polar surface area (TPSA) is 20.2 Å². The molecule has 0 aromatic heterocycles. The highest BCUT2D eigenvalue weighted by Gasteiger charge is 2.29. The van der Waals surface area contributed by atoms with E-state index in [1.807, 2.05) is 17.8 Å². The monoisotopic (exact) mass is 158 g/mol. The van der Waals surface area contributed by atoms with E-state index < -0.39 is 0 Å². The van der Waals surface area contributed by atoms with Crippen LogP contribution in [0, 0.1) is 5.92 Å². The van der Waals surface area contributed by atoms with Gasteiger partial charge in [-0.2, -0.15) is 11.8 Å². The quantitative estimate of drug-likeness (QED) is 0.628. The van der Waals surface area contributed by atoms with E-state index in [1.165, 1.54) is 12.8 Å². The highest BCUT2D eigenvalue weighted by molar-refractivity contribution is 8.00. The summed E-state index contributed by atoms with van der Waals surface area (Å²) >= 11 is 1.92. The van der Waals surface area contributed by atoms with Crippen molar-refractivity contribution < 1.29 is 5.11 Å². The first kappa shape index (κ1) is 8.15. The Morgan fingerprint density at radius 3 is 2.80 bits per heavy atom. The van der Waals surface area contributed by atoms with E-state index in [0.717, 1.165) is 5.75 Å². The third-order valence-corrected chi connectivity index (χ3v) is 3.49. The van der Waals surface area contributed by atoms with Gasteiger partial charge < -0.3 is 5.11 Å². The van der Waals surface area contributed by atoms with Gasteiger partial charge in [0.05, 0.1) is 0 Å². The molecule has 1 saturated carbocycles. The van der Waals surface area contributed by atoms with Crippen LogP contribution in [0.4, 0.5) is 0 Å². The smallest absolute Gasteiger partial charge is 0.0469 e. The van der Waals surface area contributed by atoms with E-state index in [9.17, 15) is 0 Å². The normalized spacial score (nSPS) is 31.3. The third-order valence-electron chi connectivity index (χ3n) is 2.01. The number of hydrogen-bond acceptors (Lipinski definition) is 2. The Kier molecular flexibility index (Phi) is 3.29. The first-order valence-corrected chi connectivity index (χ1v) is 4.76. The van der Waals surface area contributed by atoms with Crippen LogP contribution in [0.2, 0.25) is 0 Å². The lowest BCUT2D eigenvalue weighted by Gasteiger charge is -2.34. The molecule has 0 spiro atoms. The summed E-state index contributed by atoms with van der Waals surface area (Å²) in [5.41, 5.74) is 0. The molecule has 0 saturated heterocycles. The molecular formula is C8H14OS. The minimum atomic E-state index is 0.370. The molecule has 1 aliphatic carbocycles. The largest absolute Gasteiger partial charge is 0.396 e. The molecule has 0 aromatic rings. The Hall–Kier alpha value is 0.0500. The van der Waals surface area contributed by atoms with Gasteiger partial charge in [-0.1, -0.05) is 6.08 Å². The Labute approximate surface area is 66.5 Å². The van der Waals surface area contributed by atoms with E-state index in [1.54, 1.807) is 0 Å². The van der Waals surface area contributed by atoms with Crippen LogP contribution in [-0.2, 0) is 0 Å². The Morgan fingerprint density at radius 1 is 1.60 bits per heavy atom. The Morgan fingerprint density at radius 2 is 2.40 bits per heavy atom. The van der Waals surface area contributed by atoms with Crippen LogP contribution in [0.15, 0.2) is 12.7 Å². The molecular weight excluding hydrogens is 144 g/mol. The van der Waals surface area contributed by atoms with Crippen molar-refractivity contribution in [3.8, 4) is 0 Å². The van der Waals surface area contributed by atoms with Crippen LogP contribution in [0.1, 0.15) is 12.8 Å². The molecule has 2 atom stereocenters. The first-order valence-electron chi connectivity index (χ1n) is 3.72. The zero-order chi connectivity index (χ0) is 7.40. The van der Waals surface area contributed by atoms with Gasteiger partial charge in [0.1, 0.15) is 0 Å². The summed E-state index contributed by atoms with van der Waals surface area (Å²) in [5, 5.41) is 9.53. The van der Waals surface area contributed by atoms with Gasteiger partial charge in [-0.25, -0.2) is 0 Å². The van der Waals surface area contributed by atoms with Crippen LogP contribution in [0.5, 0.6) is 0 Å². The van der Waals surface area contributed by atoms with Crippen molar-refractivity contribution in [2.24, 2.45) is 5.92 Å². The SMILES string of the molecule is C=CCS[C@H]1CC[C@@H]1CO. The molecule has 0 unspecified atom stereocenters. The van der Waals surface area contributed by atoms with Gasteiger partial charge in [0.2, 0.25) is 0 Å². The average Bonchev–Trinajstić information content (AvgIpc) is 1.88. The van der Waals surface area contributed by atoms with Gasteiger partial charge in [0.25, 0.3) is 0 Å². The molecule has 0 amide bonds. The van der Waals surface area contributed by atoms with E-state index >= 15 is 0 Å². The summed E-state index contributed by atoms with van der Waals surface area (Å²) in [6.45, 7) is 4.03. The Bertz CT molecular complexity index is 112. The molecule has 1 fully saturated rings. The van der Waals surface area contributed by atoms with Crippen LogP contribution < -0.4 is 0 Å². The second-order valence-corrected chi connectivity index (χ2v) is 3.95. The molecule has 58 valence electrons. The molecule has 0 heterocycles. The van der Waals surface area contributed by atoms with Gasteiger partial charge >= 0.3 is 0 Å². The van der Waals surface area contributed by atoms with E-state index in [0.29, 0.717) is 17.8 Å². The Balaban J connectivity index is 2.10. The summed E-state index contributed by atoms with van der Waals surface area (Å²) in [6.07, 6.45) is 4.42.